The van der Waals surface area contributed by atoms with Crippen LogP contribution >= 0.6 is 46.4 Å². The number of hydrogen-bond acceptors (Lipinski definition) is 2. The summed E-state index contributed by atoms with van der Waals surface area (Å²) >= 11 is 22.6. The Morgan fingerprint density at radius 2 is 1.46 bits per heavy atom. The number of hydrogen-bond donors (Lipinski definition) is 0. The van der Waals surface area contributed by atoms with Crippen LogP contribution in [0.3, 0.4) is 0 Å². The predicted octanol–water partition coefficient (Wildman–Crippen LogP) is 3.62. The summed E-state index contributed by atoms with van der Waals surface area (Å²) in [6, 6.07) is 0. The Balaban J connectivity index is 4.95. The molecule has 0 aromatic heterocycles. The molecule has 0 amide bonds. The van der Waals surface area contributed by atoms with Crippen molar-refractivity contribution in [2.24, 2.45) is 0 Å². The fourth-order valence-electron chi connectivity index (χ4n) is 0.530. The van der Waals surface area contributed by atoms with Gasteiger partial charge < -0.3 is 9.47 Å². The first-order chi connectivity index (χ1) is 6.08. The van der Waals surface area contributed by atoms with Crippen LogP contribution in [0.4, 0.5) is 0 Å². The molecule has 0 unspecified atom stereocenters. The van der Waals surface area contributed by atoms with Gasteiger partial charge in [0, 0.05) is 0 Å². The Hall–Kier alpha value is 0.240. The topological polar surface area (TPSA) is 18.5 Å². The summed E-state index contributed by atoms with van der Waals surface area (Å²) in [5.41, 5.74) is 0. The fraction of sp³-hybridized carbons (Fsp3) is 0.429. The zero-order valence-corrected chi connectivity index (χ0v) is 10.1. The molecule has 13 heavy (non-hydrogen) atoms. The molecule has 0 fully saturated rings. The molecule has 6 heteroatoms. The minimum atomic E-state index is 0.0807. The Kier molecular flexibility index (Phi) is 6.78. The second kappa shape index (κ2) is 6.66. The van der Waals surface area contributed by atoms with Crippen LogP contribution in [0.1, 0.15) is 0 Å². The van der Waals surface area contributed by atoms with Crippen molar-refractivity contribution < 1.29 is 9.47 Å². The van der Waals surface area contributed by atoms with Crippen molar-refractivity contribution in [2.45, 2.75) is 0 Å². The van der Waals surface area contributed by atoms with Crippen LogP contribution in [0.25, 0.3) is 0 Å². The first-order valence-electron chi connectivity index (χ1n) is 3.16. The number of halogens is 4. The van der Waals surface area contributed by atoms with Crippen molar-refractivity contribution in [1.82, 2.24) is 0 Å². The van der Waals surface area contributed by atoms with Gasteiger partial charge in [-0.15, -0.1) is 11.6 Å². The van der Waals surface area contributed by atoms with Gasteiger partial charge in [-0.3, -0.25) is 0 Å². The van der Waals surface area contributed by atoms with E-state index >= 15 is 0 Å². The van der Waals surface area contributed by atoms with E-state index in [9.17, 15) is 0 Å². The summed E-state index contributed by atoms with van der Waals surface area (Å²) in [6.45, 7) is 0. The lowest BCUT2D eigenvalue weighted by molar-refractivity contribution is 0.0941. The molecular weight excluding hydrogens is 258 g/mol. The quantitative estimate of drug-likeness (QED) is 0.439. The van der Waals surface area contributed by atoms with Crippen molar-refractivity contribution in [3.63, 3.8) is 0 Å². The van der Waals surface area contributed by atoms with Gasteiger partial charge >= 0.3 is 0 Å². The molecule has 0 saturated heterocycles. The third kappa shape index (κ3) is 3.86. The molecule has 2 nitrogen and oxygen atoms in total. The zero-order chi connectivity index (χ0) is 10.4. The highest BCUT2D eigenvalue weighted by molar-refractivity contribution is 6.49. The molecule has 0 aliphatic carbocycles. The number of allylic oxidation sites excluding steroid dienone is 3. The summed E-state index contributed by atoms with van der Waals surface area (Å²) in [5.74, 6) is 0.173. The molecule has 0 saturated carbocycles. The van der Waals surface area contributed by atoms with Crippen LogP contribution in [-0.2, 0) is 9.47 Å². The summed E-state index contributed by atoms with van der Waals surface area (Å²) in [4.78, 5) is 0. The van der Waals surface area contributed by atoms with Crippen LogP contribution in [0.15, 0.2) is 21.0 Å². The number of ether oxygens (including phenoxy) is 2. The smallest absolute Gasteiger partial charge is 0.299 e. The lowest BCUT2D eigenvalue weighted by Gasteiger charge is -2.07. The Morgan fingerprint density at radius 3 is 1.77 bits per heavy atom. The van der Waals surface area contributed by atoms with Gasteiger partial charge in [0.1, 0.15) is 5.03 Å². The molecule has 0 atom stereocenters. The zero-order valence-electron chi connectivity index (χ0n) is 7.04. The Morgan fingerprint density at radius 1 is 1.00 bits per heavy atom. The largest absolute Gasteiger partial charge is 0.468 e. The fourth-order valence-corrected chi connectivity index (χ4v) is 1.29. The molecule has 76 valence electrons. The van der Waals surface area contributed by atoms with Crippen molar-refractivity contribution in [3.05, 3.63) is 21.0 Å². The van der Waals surface area contributed by atoms with E-state index in [2.05, 4.69) is 0 Å². The highest BCUT2D eigenvalue weighted by Gasteiger charge is 2.12. The lowest BCUT2D eigenvalue weighted by Crippen LogP contribution is -1.94. The molecule has 0 aromatic carbocycles. The maximum absolute atomic E-state index is 5.77. The summed E-state index contributed by atoms with van der Waals surface area (Å²) in [6.07, 6.45) is 0. The van der Waals surface area contributed by atoms with E-state index in [1.54, 1.807) is 0 Å². The molecule has 0 aromatic rings. The minimum absolute atomic E-state index is 0.0807. The Bertz CT molecular complexity index is 229. The molecule has 0 bridgehead atoms. The molecule has 0 radical (unpaired) electrons. The van der Waals surface area contributed by atoms with E-state index in [-0.39, 0.29) is 26.9 Å². The number of rotatable bonds is 4. The van der Waals surface area contributed by atoms with Gasteiger partial charge in [-0.1, -0.05) is 34.8 Å². The Labute approximate surface area is 97.0 Å². The summed E-state index contributed by atoms with van der Waals surface area (Å²) < 4.78 is 9.56. The molecule has 0 aliphatic rings. The normalized spacial score (nSPS) is 11.8. The van der Waals surface area contributed by atoms with Crippen LogP contribution in [0.5, 0.6) is 0 Å². The van der Waals surface area contributed by atoms with Gasteiger partial charge in [0.25, 0.3) is 5.95 Å². The lowest BCUT2D eigenvalue weighted by atomic mass is 10.5. The summed E-state index contributed by atoms with van der Waals surface area (Å²) in [7, 11) is 2.81. The van der Waals surface area contributed by atoms with E-state index in [0.29, 0.717) is 0 Å². The van der Waals surface area contributed by atoms with Gasteiger partial charge in [0.05, 0.1) is 30.2 Å². The maximum atomic E-state index is 5.77. The van der Waals surface area contributed by atoms with Crippen LogP contribution < -0.4 is 0 Å². The first-order valence-corrected chi connectivity index (χ1v) is 4.83. The van der Waals surface area contributed by atoms with E-state index in [0.717, 1.165) is 0 Å². The van der Waals surface area contributed by atoms with E-state index in [1.807, 2.05) is 0 Å². The molecule has 0 N–H and O–H groups in total. The second-order valence-corrected chi connectivity index (χ2v) is 3.34. The third-order valence-corrected chi connectivity index (χ3v) is 2.78. The van der Waals surface area contributed by atoms with Crippen LogP contribution in [0, 0.1) is 0 Å². The van der Waals surface area contributed by atoms with Crippen LogP contribution in [0.2, 0.25) is 0 Å². The average molecular weight is 266 g/mol. The number of alkyl halides is 1. The van der Waals surface area contributed by atoms with Crippen molar-refractivity contribution in [3.8, 4) is 0 Å². The predicted molar refractivity (Wildman–Crippen MR) is 56.3 cm³/mol. The average Bonchev–Trinajstić information content (AvgIpc) is 2.17. The number of methoxy groups -OCH3 is 2. The summed E-state index contributed by atoms with van der Waals surface area (Å²) in [5, 5.41) is 0.453. The minimum Gasteiger partial charge on any atom is -0.468 e. The van der Waals surface area contributed by atoms with E-state index in [1.165, 1.54) is 14.2 Å². The van der Waals surface area contributed by atoms with Crippen LogP contribution in [-0.4, -0.2) is 20.1 Å². The molecule has 0 spiro atoms. The highest BCUT2D eigenvalue weighted by Crippen LogP contribution is 2.28. The molecule has 0 rings (SSSR count). The van der Waals surface area contributed by atoms with Gasteiger partial charge in [-0.25, -0.2) is 0 Å². The SMILES string of the molecule is COC(OC)=C(Cl)C(Cl)=C(Cl)CCl. The van der Waals surface area contributed by atoms with E-state index < -0.39 is 0 Å². The maximum Gasteiger partial charge on any atom is 0.299 e. The van der Waals surface area contributed by atoms with Crippen molar-refractivity contribution in [2.75, 3.05) is 20.1 Å². The van der Waals surface area contributed by atoms with Gasteiger partial charge in [-0.2, -0.15) is 0 Å². The van der Waals surface area contributed by atoms with Gasteiger partial charge in [-0.05, 0) is 0 Å². The standard InChI is InChI=1S/C7H8Cl4O2/c1-12-7(13-2)6(11)5(10)4(9)3-8/h3H2,1-2H3. The molecular formula is C7H8Cl4O2. The third-order valence-electron chi connectivity index (χ3n) is 1.10. The second-order valence-electron chi connectivity index (χ2n) is 1.86. The van der Waals surface area contributed by atoms with Gasteiger partial charge in [0.15, 0.2) is 0 Å². The molecule has 0 aliphatic heterocycles. The van der Waals surface area contributed by atoms with Crippen molar-refractivity contribution in [1.29, 1.82) is 0 Å². The molecule has 0 heterocycles. The monoisotopic (exact) mass is 264 g/mol. The van der Waals surface area contributed by atoms with E-state index in [4.69, 9.17) is 55.9 Å². The highest BCUT2D eigenvalue weighted by atomic mass is 35.5. The van der Waals surface area contributed by atoms with Gasteiger partial charge in [0.2, 0.25) is 0 Å². The van der Waals surface area contributed by atoms with Crippen molar-refractivity contribution >= 4 is 46.4 Å². The first kappa shape index (κ1) is 13.2.